The molecule has 0 nitrogen and oxygen atoms in total. The van der Waals surface area contributed by atoms with E-state index < -0.39 is 8.07 Å². The van der Waals surface area contributed by atoms with Gasteiger partial charge in [-0.1, -0.05) is 120 Å². The van der Waals surface area contributed by atoms with Crippen molar-refractivity contribution in [3.63, 3.8) is 0 Å². The fourth-order valence-corrected chi connectivity index (χ4v) is 5.12. The second-order valence-corrected chi connectivity index (χ2v) is 11.3. The van der Waals surface area contributed by atoms with Gasteiger partial charge in [0, 0.05) is 0 Å². The highest BCUT2D eigenvalue weighted by Crippen LogP contribution is 2.15. The predicted molar refractivity (Wildman–Crippen MR) is 99.7 cm³/mol. The van der Waals surface area contributed by atoms with Crippen LogP contribution in [0.5, 0.6) is 0 Å². The highest BCUT2D eigenvalue weighted by molar-refractivity contribution is 6.92. The second-order valence-electron chi connectivity index (χ2n) is 6.91. The molecule has 0 spiro atoms. The topological polar surface area (TPSA) is 0 Å². The molecule has 1 radical (unpaired) electrons. The van der Waals surface area contributed by atoms with Crippen LogP contribution in [0.2, 0.25) is 13.1 Å². The van der Waals surface area contributed by atoms with Crippen LogP contribution in [0.15, 0.2) is 30.3 Å². The highest BCUT2D eigenvalue weighted by atomic mass is 28.3. The van der Waals surface area contributed by atoms with Gasteiger partial charge in [-0.05, 0) is 6.04 Å². The van der Waals surface area contributed by atoms with Crippen LogP contribution in [0, 0.1) is 6.04 Å². The summed E-state index contributed by atoms with van der Waals surface area (Å²) in [4.78, 5) is 0. The summed E-state index contributed by atoms with van der Waals surface area (Å²) in [6.07, 6.45) is 14.1. The number of benzene rings is 1. The molecular formula is C20H35Si. The smallest absolute Gasteiger partial charge is 0.0654 e. The molecule has 1 heteroatoms. The molecule has 0 fully saturated rings. The molecule has 0 saturated carbocycles. The van der Waals surface area contributed by atoms with Crippen LogP contribution in [0.3, 0.4) is 0 Å². The van der Waals surface area contributed by atoms with Crippen LogP contribution in [0.1, 0.15) is 71.1 Å². The molecular weight excluding hydrogens is 268 g/mol. The average Bonchev–Trinajstić information content (AvgIpc) is 2.50. The van der Waals surface area contributed by atoms with E-state index in [4.69, 9.17) is 0 Å². The Morgan fingerprint density at radius 1 is 0.762 bits per heavy atom. The molecule has 0 aliphatic heterocycles. The maximum atomic E-state index is 2.64. The molecule has 1 rings (SSSR count). The normalized spacial score (nSPS) is 11.8. The summed E-state index contributed by atoms with van der Waals surface area (Å²) in [5.41, 5.74) is 0. The lowest BCUT2D eigenvalue weighted by Crippen LogP contribution is -2.42. The van der Waals surface area contributed by atoms with Crippen molar-refractivity contribution in [2.45, 2.75) is 84.2 Å². The Bertz CT molecular complexity index is 342. The van der Waals surface area contributed by atoms with Gasteiger partial charge in [0.25, 0.3) is 0 Å². The molecule has 0 amide bonds. The Morgan fingerprint density at radius 2 is 1.29 bits per heavy atom. The van der Waals surface area contributed by atoms with Crippen molar-refractivity contribution in [2.24, 2.45) is 0 Å². The Hall–Kier alpha value is -0.563. The summed E-state index contributed by atoms with van der Waals surface area (Å²) in [6.45, 7) is 7.23. The fraction of sp³-hybridized carbons (Fsp3) is 0.650. The monoisotopic (exact) mass is 303 g/mol. The maximum absolute atomic E-state index is 2.64. The quantitative estimate of drug-likeness (QED) is 0.315. The summed E-state index contributed by atoms with van der Waals surface area (Å²) in [5.74, 6) is 0. The molecule has 0 aromatic heterocycles. The first-order valence-corrected chi connectivity index (χ1v) is 12.1. The molecule has 0 N–H and O–H groups in total. The standard InChI is InChI=1S/C20H35Si/c1-4-5-6-7-8-9-10-11-12-16-19-21(2,3)20-17-14-13-15-18-20/h13-15,17-19H,4-12,16H2,1-3H3. The molecule has 1 aromatic rings. The second kappa shape index (κ2) is 11.1. The zero-order valence-corrected chi connectivity index (χ0v) is 15.5. The van der Waals surface area contributed by atoms with Gasteiger partial charge >= 0.3 is 0 Å². The first kappa shape index (κ1) is 18.5. The molecule has 0 atom stereocenters. The molecule has 119 valence electrons. The molecule has 0 aliphatic carbocycles. The van der Waals surface area contributed by atoms with Gasteiger partial charge < -0.3 is 0 Å². The van der Waals surface area contributed by atoms with Gasteiger partial charge in [0.15, 0.2) is 0 Å². The van der Waals surface area contributed by atoms with Gasteiger partial charge in [0.1, 0.15) is 0 Å². The van der Waals surface area contributed by atoms with Gasteiger partial charge in [0.2, 0.25) is 0 Å². The third kappa shape index (κ3) is 8.46. The summed E-state index contributed by atoms with van der Waals surface area (Å²) < 4.78 is 0. The van der Waals surface area contributed by atoms with E-state index in [-0.39, 0.29) is 0 Å². The molecule has 0 saturated heterocycles. The van der Waals surface area contributed by atoms with E-state index in [0.29, 0.717) is 0 Å². The molecule has 0 unspecified atom stereocenters. The largest absolute Gasteiger partial charge is 0.0836 e. The number of unbranched alkanes of at least 4 members (excludes halogenated alkanes) is 9. The first-order valence-electron chi connectivity index (χ1n) is 9.06. The Morgan fingerprint density at radius 3 is 1.86 bits per heavy atom. The molecule has 1 aromatic carbocycles. The van der Waals surface area contributed by atoms with E-state index in [1.165, 1.54) is 64.2 Å². The lowest BCUT2D eigenvalue weighted by atomic mass is 10.1. The average molecular weight is 304 g/mol. The zero-order valence-electron chi connectivity index (χ0n) is 14.5. The Balaban J connectivity index is 2.01. The molecule has 0 heterocycles. The minimum atomic E-state index is -1.29. The van der Waals surface area contributed by atoms with Crippen molar-refractivity contribution in [3.05, 3.63) is 36.4 Å². The van der Waals surface area contributed by atoms with E-state index in [1.807, 2.05) is 0 Å². The van der Waals surface area contributed by atoms with Gasteiger partial charge in [0.05, 0.1) is 8.07 Å². The predicted octanol–water partition coefficient (Wildman–Crippen LogP) is 6.27. The minimum absolute atomic E-state index is 1.29. The number of hydrogen-bond donors (Lipinski definition) is 0. The zero-order chi connectivity index (χ0) is 15.4. The molecule has 21 heavy (non-hydrogen) atoms. The minimum Gasteiger partial charge on any atom is -0.0654 e. The van der Waals surface area contributed by atoms with E-state index >= 15 is 0 Å². The Labute approximate surface area is 134 Å². The van der Waals surface area contributed by atoms with Gasteiger partial charge in [-0.3, -0.25) is 0 Å². The van der Waals surface area contributed by atoms with Crippen molar-refractivity contribution in [2.75, 3.05) is 0 Å². The lowest BCUT2D eigenvalue weighted by Gasteiger charge is -2.22. The van der Waals surface area contributed by atoms with Crippen molar-refractivity contribution in [3.8, 4) is 0 Å². The lowest BCUT2D eigenvalue weighted by molar-refractivity contribution is 0.565. The van der Waals surface area contributed by atoms with Gasteiger partial charge in [-0.15, -0.1) is 0 Å². The van der Waals surface area contributed by atoms with E-state index in [2.05, 4.69) is 56.4 Å². The molecule has 0 aliphatic rings. The summed E-state index contributed by atoms with van der Waals surface area (Å²) in [7, 11) is -1.29. The number of hydrogen-bond acceptors (Lipinski definition) is 0. The van der Waals surface area contributed by atoms with E-state index in [0.717, 1.165) is 0 Å². The fourth-order valence-electron chi connectivity index (χ4n) is 2.90. The maximum Gasteiger partial charge on any atom is 0.0836 e. The van der Waals surface area contributed by atoms with E-state index in [1.54, 1.807) is 5.19 Å². The van der Waals surface area contributed by atoms with Crippen LogP contribution in [0.25, 0.3) is 0 Å². The van der Waals surface area contributed by atoms with Crippen LogP contribution in [-0.2, 0) is 0 Å². The number of rotatable bonds is 12. The first-order chi connectivity index (χ1) is 10.2. The summed E-state index contributed by atoms with van der Waals surface area (Å²) in [5, 5.41) is 1.57. The van der Waals surface area contributed by atoms with Crippen LogP contribution >= 0.6 is 0 Å². The van der Waals surface area contributed by atoms with Crippen molar-refractivity contribution < 1.29 is 0 Å². The summed E-state index contributed by atoms with van der Waals surface area (Å²) >= 11 is 0. The van der Waals surface area contributed by atoms with Crippen LogP contribution < -0.4 is 5.19 Å². The van der Waals surface area contributed by atoms with Crippen LogP contribution in [0.4, 0.5) is 0 Å². The summed E-state index contributed by atoms with van der Waals surface area (Å²) in [6, 6.07) is 13.7. The molecule has 0 bridgehead atoms. The third-order valence-corrected chi connectivity index (χ3v) is 7.61. The van der Waals surface area contributed by atoms with E-state index in [9.17, 15) is 0 Å². The van der Waals surface area contributed by atoms with Gasteiger partial charge in [-0.2, -0.15) is 0 Å². The van der Waals surface area contributed by atoms with Crippen LogP contribution in [-0.4, -0.2) is 8.07 Å². The highest BCUT2D eigenvalue weighted by Gasteiger charge is 2.22. The third-order valence-electron chi connectivity index (χ3n) is 4.48. The Kier molecular flexibility index (Phi) is 9.74. The van der Waals surface area contributed by atoms with Crippen molar-refractivity contribution in [1.29, 1.82) is 0 Å². The van der Waals surface area contributed by atoms with Gasteiger partial charge in [-0.25, -0.2) is 0 Å². The van der Waals surface area contributed by atoms with Crippen molar-refractivity contribution in [1.82, 2.24) is 0 Å². The SMILES string of the molecule is CCCCCCCCCCC[CH][Si](C)(C)c1ccccc1. The van der Waals surface area contributed by atoms with Crippen molar-refractivity contribution >= 4 is 13.3 Å².